The van der Waals surface area contributed by atoms with Crippen LogP contribution in [0.3, 0.4) is 0 Å². The van der Waals surface area contributed by atoms with E-state index in [0.717, 1.165) is 110 Å². The molecule has 0 aliphatic carbocycles. The monoisotopic (exact) mass is 1570 g/mol. The van der Waals surface area contributed by atoms with E-state index in [-0.39, 0.29) is 55.0 Å². The van der Waals surface area contributed by atoms with E-state index in [1.807, 2.05) is 133 Å². The molecule has 21 aromatic rings. The molecule has 0 bridgehead atoms. The second-order valence-corrected chi connectivity index (χ2v) is 35.1. The van der Waals surface area contributed by atoms with Crippen LogP contribution < -0.4 is 26.2 Å². The lowest BCUT2D eigenvalue weighted by atomic mass is 9.33. The number of benzene rings is 17. The Labute approximate surface area is 727 Å². The van der Waals surface area contributed by atoms with Gasteiger partial charge in [0.1, 0.15) is 22.3 Å². The molecule has 0 amide bonds. The summed E-state index contributed by atoms with van der Waals surface area (Å²) in [5, 5.41) is 3.03. The standard InChI is InChI=1S/C114H87BN4O2/c1-112(2,3)76-38-28-36-72(60-76)89-62-74(70-32-12-10-13-33-70)64-91(85-46-30-54-105-107(85)87-44-20-26-52-103(87)120-105)110(89)118-99-68-79(116-95-48-22-16-40-81(95)82-41-17-23-49-96(82)116)56-58-93(99)115-94-59-57-80(117-97-50-24-18-42-83(97)84-43-19-25-51-98(84)117)69-100(94)119(102-67-78(114(7,8)9)66-101(118)109(102)115)111-90(73-37-29-39-77(61-73)113(4,5)6)63-75(71-34-14-11-15-35-71)65-92(111)86-47-31-55-106-108(86)88-45-21-27-53-104(88)121-106/h10-69H,1-9H3/i16D,17D,18D,19D,22D,23D,24D,25D,40D,41D,42D,43D,48D,49D,50D,51D. The molecule has 2 aliphatic rings. The number of nitrogens with zero attached hydrogens (tertiary/aromatic N) is 4. The van der Waals surface area contributed by atoms with E-state index in [0.29, 0.717) is 67.4 Å². The number of rotatable bonds is 10. The molecule has 2 aliphatic heterocycles. The Hall–Kier alpha value is -14.4. The van der Waals surface area contributed by atoms with Crippen LogP contribution in [0.5, 0.6) is 0 Å². The molecule has 0 atom stereocenters. The lowest BCUT2D eigenvalue weighted by Gasteiger charge is -2.46. The number of furan rings is 2. The quantitative estimate of drug-likeness (QED) is 0.128. The summed E-state index contributed by atoms with van der Waals surface area (Å²) in [4.78, 5) is 4.74. The van der Waals surface area contributed by atoms with Crippen LogP contribution in [-0.4, -0.2) is 15.8 Å². The Bertz CT molecular complexity index is 8250. The van der Waals surface area contributed by atoms with Crippen molar-refractivity contribution in [3.8, 4) is 78.1 Å². The smallest absolute Gasteiger partial charge is 0.252 e. The summed E-state index contributed by atoms with van der Waals surface area (Å²) in [6.07, 6.45) is 0. The molecule has 6 nitrogen and oxygen atoms in total. The van der Waals surface area contributed by atoms with Crippen molar-refractivity contribution in [1.82, 2.24) is 9.13 Å². The first-order valence-electron chi connectivity index (χ1n) is 49.2. The fourth-order valence-electron chi connectivity index (χ4n) is 19.0. The number of aromatic nitrogens is 2. The predicted octanol–water partition coefficient (Wildman–Crippen LogP) is 29.7. The van der Waals surface area contributed by atoms with Gasteiger partial charge >= 0.3 is 0 Å². The van der Waals surface area contributed by atoms with Crippen LogP contribution in [0.25, 0.3) is 166 Å². The van der Waals surface area contributed by atoms with Gasteiger partial charge < -0.3 is 27.8 Å². The maximum Gasteiger partial charge on any atom is 0.252 e. The molecular weight excluding hydrogens is 1470 g/mol. The first-order valence-corrected chi connectivity index (χ1v) is 41.2. The number of anilines is 6. The van der Waals surface area contributed by atoms with Crippen molar-refractivity contribution in [1.29, 1.82) is 0 Å². The minimum Gasteiger partial charge on any atom is -0.456 e. The molecule has 6 heterocycles. The van der Waals surface area contributed by atoms with E-state index in [4.69, 9.17) is 8.83 Å². The van der Waals surface area contributed by atoms with Gasteiger partial charge in [0.05, 0.1) is 55.4 Å². The van der Waals surface area contributed by atoms with Crippen molar-refractivity contribution in [3.05, 3.63) is 380 Å². The van der Waals surface area contributed by atoms with E-state index in [1.165, 1.54) is 0 Å². The van der Waals surface area contributed by atoms with Gasteiger partial charge in [0, 0.05) is 99.5 Å². The van der Waals surface area contributed by atoms with Gasteiger partial charge in [-0.15, -0.1) is 0 Å². The Kier molecular flexibility index (Phi) is 12.7. The second kappa shape index (κ2) is 27.1. The Morgan fingerprint density at radius 1 is 0.264 bits per heavy atom. The van der Waals surface area contributed by atoms with E-state index in [1.54, 1.807) is 9.13 Å². The van der Waals surface area contributed by atoms with Gasteiger partial charge in [-0.3, -0.25) is 0 Å². The van der Waals surface area contributed by atoms with Crippen molar-refractivity contribution in [2.24, 2.45) is 0 Å². The van der Waals surface area contributed by atoms with Crippen LogP contribution in [0, 0.1) is 0 Å². The average Bonchev–Trinajstić information content (AvgIpc) is 1.05. The maximum absolute atomic E-state index is 10.1. The zero-order valence-electron chi connectivity index (χ0n) is 84.1. The third kappa shape index (κ3) is 11.4. The third-order valence-corrected chi connectivity index (χ3v) is 24.8. The molecule has 121 heavy (non-hydrogen) atoms. The highest BCUT2D eigenvalue weighted by Gasteiger charge is 2.47. The molecule has 0 saturated heterocycles. The van der Waals surface area contributed by atoms with Crippen LogP contribution in [0.1, 0.15) is 101 Å². The SMILES string of the molecule is [2H]c1c([2H])c([2H])c2c(c1[2H])c1c([2H])c([2H])c([2H])c([2H])c1n2-c1ccc2c(c1)N(c1c(-c3cccc(C(C)(C)C)c3)cc(-c3ccccc3)cc1-c1cccc3oc4ccccc4c13)c1cc(C(C)(C)C)cc3c1B2c1ccc(-n2c4c([2H])c([2H])c([2H])c([2H])c4c4c([2H])c([2H])c([2H])c([2H])c42)cc1N3c1c(-c2cccc(C(C)(C)C)c2)cc(-c2ccccc2)cc1-c1cccc2oc3ccccc3c12. The summed E-state index contributed by atoms with van der Waals surface area (Å²) in [5.74, 6) is 0. The molecule has 0 fully saturated rings. The fourth-order valence-corrected chi connectivity index (χ4v) is 19.0. The summed E-state index contributed by atoms with van der Waals surface area (Å²) < 4.78 is 172. The number of hydrogen-bond donors (Lipinski definition) is 0. The molecule has 0 unspecified atom stereocenters. The second-order valence-electron chi connectivity index (χ2n) is 35.1. The van der Waals surface area contributed by atoms with E-state index < -0.39 is 120 Å². The van der Waals surface area contributed by atoms with Gasteiger partial charge in [0.25, 0.3) is 6.71 Å². The summed E-state index contributed by atoms with van der Waals surface area (Å²) in [6.45, 7) is 18.9. The highest BCUT2D eigenvalue weighted by molar-refractivity contribution is 7.00. The summed E-state index contributed by atoms with van der Waals surface area (Å²) in [6, 6.07) is 83.5. The Morgan fingerprint density at radius 3 is 1.01 bits per heavy atom. The fraction of sp³-hybridized carbons (Fsp3) is 0.105. The van der Waals surface area contributed by atoms with Crippen molar-refractivity contribution in [3.63, 3.8) is 0 Å². The molecule has 0 N–H and O–H groups in total. The third-order valence-electron chi connectivity index (χ3n) is 24.8. The Morgan fingerprint density at radius 2 is 0.612 bits per heavy atom. The highest BCUT2D eigenvalue weighted by atomic mass is 16.3. The van der Waals surface area contributed by atoms with Crippen molar-refractivity contribution in [2.75, 3.05) is 9.80 Å². The predicted molar refractivity (Wildman–Crippen MR) is 512 cm³/mol. The van der Waals surface area contributed by atoms with Crippen molar-refractivity contribution < 1.29 is 30.8 Å². The molecule has 23 rings (SSSR count). The van der Waals surface area contributed by atoms with Crippen molar-refractivity contribution in [2.45, 2.75) is 78.6 Å². The van der Waals surface area contributed by atoms with E-state index in [9.17, 15) is 21.9 Å². The molecule has 0 radical (unpaired) electrons. The molecule has 0 spiro atoms. The zero-order chi connectivity index (χ0) is 95.4. The first-order chi connectivity index (χ1) is 65.6. The van der Waals surface area contributed by atoms with Crippen LogP contribution in [0.15, 0.2) is 372 Å². The molecule has 578 valence electrons. The molecular formula is C114H87BN4O2. The molecule has 4 aromatic heterocycles. The van der Waals surface area contributed by atoms with Gasteiger partial charge in [0.15, 0.2) is 0 Å². The van der Waals surface area contributed by atoms with Crippen LogP contribution in [-0.2, 0) is 16.2 Å². The average molecular weight is 1570 g/mol. The lowest BCUT2D eigenvalue weighted by Crippen LogP contribution is -2.61. The van der Waals surface area contributed by atoms with Gasteiger partial charge in [0.2, 0.25) is 0 Å². The topological polar surface area (TPSA) is 42.6 Å². The molecule has 7 heteroatoms. The molecule has 17 aromatic carbocycles. The van der Waals surface area contributed by atoms with Crippen LogP contribution in [0.4, 0.5) is 34.1 Å². The largest absolute Gasteiger partial charge is 0.456 e. The van der Waals surface area contributed by atoms with Gasteiger partial charge in [-0.2, -0.15) is 0 Å². The summed E-state index contributed by atoms with van der Waals surface area (Å²) in [7, 11) is 0. The normalized spacial score (nSPS) is 14.8. The molecule has 0 saturated carbocycles. The summed E-state index contributed by atoms with van der Waals surface area (Å²) >= 11 is 0. The summed E-state index contributed by atoms with van der Waals surface area (Å²) in [5.41, 5.74) is 20.4. The van der Waals surface area contributed by atoms with E-state index >= 15 is 0 Å². The minimum absolute atomic E-state index is 0.0767. The van der Waals surface area contributed by atoms with Gasteiger partial charge in [-0.1, -0.05) is 317 Å². The first kappa shape index (κ1) is 56.9. The van der Waals surface area contributed by atoms with Crippen molar-refractivity contribution >= 4 is 145 Å². The number of hydrogen-bond acceptors (Lipinski definition) is 4. The number of para-hydroxylation sites is 6. The van der Waals surface area contributed by atoms with E-state index in [2.05, 4.69) is 206 Å². The number of fused-ring (bicyclic) bond motifs is 16. The van der Waals surface area contributed by atoms with Gasteiger partial charge in [-0.05, 0) is 203 Å². The zero-order valence-corrected chi connectivity index (χ0v) is 68.1. The minimum atomic E-state index is -0.878. The van der Waals surface area contributed by atoms with Gasteiger partial charge in [-0.25, -0.2) is 0 Å². The van der Waals surface area contributed by atoms with Crippen LogP contribution >= 0.6 is 0 Å². The lowest BCUT2D eigenvalue weighted by molar-refractivity contribution is 0.590. The van der Waals surface area contributed by atoms with Crippen LogP contribution in [0.2, 0.25) is 0 Å². The maximum atomic E-state index is 10.1. The Balaban J connectivity index is 0.964. The highest BCUT2D eigenvalue weighted by Crippen LogP contribution is 2.58.